The summed E-state index contributed by atoms with van der Waals surface area (Å²) in [6, 6.07) is 10.7. The van der Waals surface area contributed by atoms with Crippen molar-refractivity contribution in [2.75, 3.05) is 0 Å². The molecule has 0 aliphatic heterocycles. The van der Waals surface area contributed by atoms with Crippen molar-refractivity contribution in [2.45, 2.75) is 0 Å². The van der Waals surface area contributed by atoms with Gasteiger partial charge >= 0.3 is 22.5 Å². The average Bonchev–Trinajstić information content (AvgIpc) is 3.03. The molecule has 2 heterocycles. The molecule has 0 aliphatic carbocycles. The fraction of sp³-hybridized carbons (Fsp3) is 0. The first-order chi connectivity index (χ1) is 11.6. The summed E-state index contributed by atoms with van der Waals surface area (Å²) in [5, 5.41) is 1.98. The molecule has 2 aromatic heterocycles. The molecule has 24 heavy (non-hydrogen) atoms. The topological polar surface area (TPSA) is 94.6 Å². The highest BCUT2D eigenvalue weighted by atomic mass is 16.4. The van der Waals surface area contributed by atoms with E-state index in [1.54, 1.807) is 24.3 Å². The lowest BCUT2D eigenvalue weighted by Crippen LogP contribution is -1.99. The quantitative estimate of drug-likeness (QED) is 0.404. The van der Waals surface area contributed by atoms with Gasteiger partial charge in [-0.15, -0.1) is 0 Å². The molecule has 0 spiro atoms. The third-order valence-corrected chi connectivity index (χ3v) is 4.39. The highest BCUT2D eigenvalue weighted by molar-refractivity contribution is 6.30. The average molecular weight is 318 g/mol. The van der Waals surface area contributed by atoms with E-state index < -0.39 is 22.5 Å². The molecule has 0 saturated heterocycles. The molecule has 0 saturated carbocycles. The van der Waals surface area contributed by atoms with Crippen LogP contribution in [0.3, 0.4) is 0 Å². The van der Waals surface area contributed by atoms with Crippen LogP contribution < -0.4 is 22.5 Å². The Bertz CT molecular complexity index is 1520. The van der Waals surface area contributed by atoms with E-state index in [0.717, 1.165) is 5.39 Å². The number of furan rings is 2. The van der Waals surface area contributed by atoms with Crippen LogP contribution >= 0.6 is 0 Å². The number of rotatable bonds is 0. The van der Waals surface area contributed by atoms with Gasteiger partial charge in [0.1, 0.15) is 0 Å². The summed E-state index contributed by atoms with van der Waals surface area (Å²) in [6.07, 6.45) is 0. The van der Waals surface area contributed by atoms with E-state index in [2.05, 4.69) is 4.42 Å². The molecule has 3 aromatic carbocycles. The molecular weight excluding hydrogens is 312 g/mol. The van der Waals surface area contributed by atoms with Gasteiger partial charge in [-0.1, -0.05) is 36.4 Å². The first kappa shape index (κ1) is 13.0. The summed E-state index contributed by atoms with van der Waals surface area (Å²) in [7, 11) is 0. The van der Waals surface area contributed by atoms with Crippen molar-refractivity contribution in [3.8, 4) is 0 Å². The molecular formula is C18H6O6. The summed E-state index contributed by atoms with van der Waals surface area (Å²) < 4.78 is 9.36. The van der Waals surface area contributed by atoms with Crippen LogP contribution in [-0.2, 0) is 0 Å². The van der Waals surface area contributed by atoms with Crippen LogP contribution in [0.25, 0.3) is 43.1 Å². The standard InChI is InChI=1S/C18H6O6/c19-15-11-9-6-5-7-3-1-2-4-8(7)10(9)12-14(13(11)17(21)23-15)18(22)24-16(12)20/h1-6H. The van der Waals surface area contributed by atoms with Crippen molar-refractivity contribution in [1.82, 2.24) is 0 Å². The Morgan fingerprint density at radius 3 is 1.75 bits per heavy atom. The third kappa shape index (κ3) is 1.35. The van der Waals surface area contributed by atoms with E-state index in [9.17, 15) is 19.2 Å². The van der Waals surface area contributed by atoms with E-state index in [1.165, 1.54) is 0 Å². The monoisotopic (exact) mass is 318 g/mol. The second-order valence-corrected chi connectivity index (χ2v) is 5.56. The van der Waals surface area contributed by atoms with Gasteiger partial charge in [0.25, 0.3) is 0 Å². The lowest BCUT2D eigenvalue weighted by Gasteiger charge is -2.05. The van der Waals surface area contributed by atoms with Crippen molar-refractivity contribution in [3.05, 3.63) is 78.1 Å². The van der Waals surface area contributed by atoms with Gasteiger partial charge in [0.15, 0.2) is 0 Å². The van der Waals surface area contributed by atoms with Gasteiger partial charge in [-0.2, -0.15) is 0 Å². The highest BCUT2D eigenvalue weighted by Crippen LogP contribution is 2.34. The number of hydrogen-bond donors (Lipinski definition) is 0. The maximum Gasteiger partial charge on any atom is 0.347 e. The predicted molar refractivity (Wildman–Crippen MR) is 88.5 cm³/mol. The molecule has 6 nitrogen and oxygen atoms in total. The van der Waals surface area contributed by atoms with Crippen molar-refractivity contribution in [1.29, 1.82) is 0 Å². The second kappa shape index (κ2) is 4.05. The van der Waals surface area contributed by atoms with Crippen molar-refractivity contribution in [3.63, 3.8) is 0 Å². The van der Waals surface area contributed by atoms with E-state index in [1.807, 2.05) is 12.1 Å². The van der Waals surface area contributed by atoms with Crippen LogP contribution in [0.15, 0.2) is 64.4 Å². The molecule has 0 unspecified atom stereocenters. The van der Waals surface area contributed by atoms with E-state index in [-0.39, 0.29) is 21.5 Å². The summed E-state index contributed by atoms with van der Waals surface area (Å²) >= 11 is 0. The van der Waals surface area contributed by atoms with Crippen LogP contribution in [0.5, 0.6) is 0 Å². The van der Waals surface area contributed by atoms with Crippen LogP contribution in [0.4, 0.5) is 0 Å². The van der Waals surface area contributed by atoms with Gasteiger partial charge in [-0.05, 0) is 16.2 Å². The number of hydrogen-bond acceptors (Lipinski definition) is 6. The Kier molecular flexibility index (Phi) is 2.19. The summed E-state index contributed by atoms with van der Waals surface area (Å²) in [5.74, 6) is 0. The molecule has 6 heteroatoms. The minimum absolute atomic E-state index is 0.00570. The van der Waals surface area contributed by atoms with E-state index >= 15 is 0 Å². The minimum Gasteiger partial charge on any atom is -0.386 e. The first-order valence-corrected chi connectivity index (χ1v) is 7.12. The number of fused-ring (bicyclic) bond motifs is 8. The van der Waals surface area contributed by atoms with E-state index in [0.29, 0.717) is 16.2 Å². The largest absolute Gasteiger partial charge is 0.386 e. The van der Waals surface area contributed by atoms with Gasteiger partial charge in [-0.3, -0.25) is 0 Å². The summed E-state index contributed by atoms with van der Waals surface area (Å²) in [4.78, 5) is 48.5. The number of benzene rings is 3. The molecule has 0 N–H and O–H groups in total. The highest BCUT2D eigenvalue weighted by Gasteiger charge is 2.24. The van der Waals surface area contributed by atoms with E-state index in [4.69, 9.17) is 4.42 Å². The SMILES string of the molecule is O=c1oc(=O)c2c1c1ccc3ccccc3c1c1c(=O)oc(=O)c21. The smallest absolute Gasteiger partial charge is 0.347 e. The Balaban J connectivity index is 2.39. The maximum atomic E-state index is 12.2. The predicted octanol–water partition coefficient (Wildman–Crippen LogP) is 1.80. The molecule has 0 atom stereocenters. The van der Waals surface area contributed by atoms with Gasteiger partial charge in [-0.25, -0.2) is 19.2 Å². The maximum absolute atomic E-state index is 12.2. The zero-order chi connectivity index (χ0) is 16.6. The molecule has 0 amide bonds. The molecule has 0 radical (unpaired) electrons. The zero-order valence-electron chi connectivity index (χ0n) is 11.9. The zero-order valence-corrected chi connectivity index (χ0v) is 11.9. The second-order valence-electron chi connectivity index (χ2n) is 5.56. The van der Waals surface area contributed by atoms with Gasteiger partial charge in [0, 0.05) is 5.39 Å². The molecule has 5 rings (SSSR count). The summed E-state index contributed by atoms with van der Waals surface area (Å²) in [6.45, 7) is 0. The van der Waals surface area contributed by atoms with Crippen LogP contribution in [0, 0.1) is 0 Å². The normalized spacial score (nSPS) is 12.0. The Morgan fingerprint density at radius 2 is 1.04 bits per heavy atom. The van der Waals surface area contributed by atoms with Crippen molar-refractivity contribution >= 4 is 43.1 Å². The molecule has 0 fully saturated rings. The van der Waals surface area contributed by atoms with Crippen LogP contribution in [0.1, 0.15) is 0 Å². The summed E-state index contributed by atoms with van der Waals surface area (Å²) in [5.41, 5.74) is -3.53. The fourth-order valence-corrected chi connectivity index (χ4v) is 3.46. The molecule has 0 bridgehead atoms. The van der Waals surface area contributed by atoms with Gasteiger partial charge in [0.2, 0.25) is 0 Å². The molecule has 0 aliphatic rings. The van der Waals surface area contributed by atoms with Gasteiger partial charge < -0.3 is 8.83 Å². The van der Waals surface area contributed by atoms with Crippen molar-refractivity contribution < 1.29 is 8.83 Å². The Morgan fingerprint density at radius 1 is 0.500 bits per heavy atom. The third-order valence-electron chi connectivity index (χ3n) is 4.39. The van der Waals surface area contributed by atoms with Crippen LogP contribution in [-0.4, -0.2) is 0 Å². The Hall–Kier alpha value is -3.54. The fourth-order valence-electron chi connectivity index (χ4n) is 3.46. The lowest BCUT2D eigenvalue weighted by molar-refractivity contribution is 0.497. The molecule has 5 aromatic rings. The Labute approximate surface area is 130 Å². The van der Waals surface area contributed by atoms with Crippen LogP contribution in [0.2, 0.25) is 0 Å². The van der Waals surface area contributed by atoms with Gasteiger partial charge in [0.05, 0.1) is 21.5 Å². The lowest BCUT2D eigenvalue weighted by atomic mass is 9.95. The van der Waals surface area contributed by atoms with Crippen molar-refractivity contribution in [2.24, 2.45) is 0 Å². The first-order valence-electron chi connectivity index (χ1n) is 7.12. The molecule has 114 valence electrons. The minimum atomic E-state index is -0.937.